The molecular formula is C17H16F3NO3. The normalized spacial score (nSPS) is 25.0. The van der Waals surface area contributed by atoms with Crippen LogP contribution in [0.15, 0.2) is 48.7 Å². The summed E-state index contributed by atoms with van der Waals surface area (Å²) in [4.78, 5) is 4.14. The summed E-state index contributed by atoms with van der Waals surface area (Å²) >= 11 is 0. The van der Waals surface area contributed by atoms with Crippen molar-refractivity contribution in [1.82, 2.24) is 4.98 Å². The van der Waals surface area contributed by atoms with Crippen molar-refractivity contribution in [2.24, 2.45) is 0 Å². The van der Waals surface area contributed by atoms with Crippen molar-refractivity contribution in [3.8, 4) is 5.75 Å². The Labute approximate surface area is 136 Å². The molecule has 2 aromatic rings. The lowest BCUT2D eigenvalue weighted by Gasteiger charge is -2.48. The van der Waals surface area contributed by atoms with E-state index in [0.29, 0.717) is 24.1 Å². The summed E-state index contributed by atoms with van der Waals surface area (Å²) in [5.41, 5.74) is 0.324. The van der Waals surface area contributed by atoms with Gasteiger partial charge >= 0.3 is 6.36 Å². The number of hydrogen-bond donors (Lipinski definition) is 2. The van der Waals surface area contributed by atoms with Gasteiger partial charge in [-0.25, -0.2) is 0 Å². The van der Waals surface area contributed by atoms with Crippen molar-refractivity contribution in [1.29, 1.82) is 0 Å². The molecule has 1 aromatic carbocycles. The summed E-state index contributed by atoms with van der Waals surface area (Å²) in [6, 6.07) is 10.5. The predicted molar refractivity (Wildman–Crippen MR) is 79.2 cm³/mol. The van der Waals surface area contributed by atoms with Gasteiger partial charge in [0.25, 0.3) is 0 Å². The maximum Gasteiger partial charge on any atom is 0.573 e. The van der Waals surface area contributed by atoms with Crippen LogP contribution in [0.2, 0.25) is 0 Å². The third-order valence-corrected chi connectivity index (χ3v) is 4.35. The third kappa shape index (κ3) is 3.22. The van der Waals surface area contributed by atoms with E-state index in [0.717, 1.165) is 0 Å². The number of alkyl halides is 3. The minimum absolute atomic E-state index is 0.310. The fraction of sp³-hybridized carbons (Fsp3) is 0.353. The molecule has 0 amide bonds. The molecule has 0 radical (unpaired) electrons. The number of aromatic nitrogens is 1. The molecule has 1 aromatic heterocycles. The van der Waals surface area contributed by atoms with Crippen molar-refractivity contribution in [3.05, 3.63) is 59.9 Å². The van der Waals surface area contributed by atoms with Gasteiger partial charge in [-0.2, -0.15) is 0 Å². The van der Waals surface area contributed by atoms with Gasteiger partial charge in [-0.3, -0.25) is 4.98 Å². The van der Waals surface area contributed by atoms with Gasteiger partial charge in [0.1, 0.15) is 11.9 Å². The molecule has 1 aliphatic rings. The highest BCUT2D eigenvalue weighted by Crippen LogP contribution is 2.52. The second-order valence-corrected chi connectivity index (χ2v) is 5.95. The lowest BCUT2D eigenvalue weighted by molar-refractivity contribution is -0.274. The number of pyridine rings is 1. The first-order valence-electron chi connectivity index (χ1n) is 7.43. The SMILES string of the molecule is O[C@H](c1ccccn1)[C@]1(c2ccc(OC(F)(F)F)cc2)C[C@@H](O)C1. The molecule has 0 aliphatic heterocycles. The Bertz CT molecular complexity index is 682. The lowest BCUT2D eigenvalue weighted by atomic mass is 9.59. The van der Waals surface area contributed by atoms with E-state index in [1.165, 1.54) is 24.3 Å². The van der Waals surface area contributed by atoms with Crippen LogP contribution < -0.4 is 4.74 Å². The van der Waals surface area contributed by atoms with Gasteiger partial charge in [0, 0.05) is 11.6 Å². The van der Waals surface area contributed by atoms with Crippen LogP contribution in [0.4, 0.5) is 13.2 Å². The molecule has 3 rings (SSSR count). The van der Waals surface area contributed by atoms with Gasteiger partial charge in [0.2, 0.25) is 0 Å². The average molecular weight is 339 g/mol. The fourth-order valence-electron chi connectivity index (χ4n) is 3.21. The highest BCUT2D eigenvalue weighted by atomic mass is 19.4. The first-order chi connectivity index (χ1) is 11.3. The lowest BCUT2D eigenvalue weighted by Crippen LogP contribution is -2.49. The zero-order valence-electron chi connectivity index (χ0n) is 12.6. The Kier molecular flexibility index (Phi) is 4.23. The first-order valence-corrected chi connectivity index (χ1v) is 7.43. The molecule has 24 heavy (non-hydrogen) atoms. The number of hydrogen-bond acceptors (Lipinski definition) is 4. The van der Waals surface area contributed by atoms with Crippen LogP contribution >= 0.6 is 0 Å². The first kappa shape index (κ1) is 16.7. The van der Waals surface area contributed by atoms with Crippen LogP contribution in [-0.4, -0.2) is 27.7 Å². The summed E-state index contributed by atoms with van der Waals surface area (Å²) in [7, 11) is 0. The quantitative estimate of drug-likeness (QED) is 0.898. The van der Waals surface area contributed by atoms with Gasteiger partial charge in [0.05, 0.1) is 11.8 Å². The van der Waals surface area contributed by atoms with E-state index in [1.807, 2.05) is 0 Å². The van der Waals surface area contributed by atoms with E-state index in [2.05, 4.69) is 9.72 Å². The molecule has 4 nitrogen and oxygen atoms in total. The molecule has 0 spiro atoms. The molecule has 128 valence electrons. The Morgan fingerprint density at radius 3 is 2.29 bits per heavy atom. The predicted octanol–water partition coefficient (Wildman–Crippen LogP) is 3.11. The van der Waals surface area contributed by atoms with E-state index in [-0.39, 0.29) is 5.75 Å². The van der Waals surface area contributed by atoms with Crippen molar-refractivity contribution >= 4 is 0 Å². The van der Waals surface area contributed by atoms with Crippen LogP contribution in [-0.2, 0) is 5.41 Å². The molecule has 1 aliphatic carbocycles. The van der Waals surface area contributed by atoms with Crippen molar-refractivity contribution in [2.75, 3.05) is 0 Å². The number of aliphatic hydroxyl groups is 2. The maximum absolute atomic E-state index is 12.3. The number of benzene rings is 1. The summed E-state index contributed by atoms with van der Waals surface area (Å²) in [6.07, 6.45) is -4.10. The van der Waals surface area contributed by atoms with E-state index >= 15 is 0 Å². The molecule has 2 N–H and O–H groups in total. The van der Waals surface area contributed by atoms with Crippen LogP contribution in [0.1, 0.15) is 30.2 Å². The number of nitrogens with zero attached hydrogens (tertiary/aromatic N) is 1. The Morgan fingerprint density at radius 2 is 1.79 bits per heavy atom. The van der Waals surface area contributed by atoms with E-state index in [1.54, 1.807) is 24.4 Å². The van der Waals surface area contributed by atoms with E-state index < -0.39 is 24.0 Å². The molecule has 1 saturated carbocycles. The van der Waals surface area contributed by atoms with Gasteiger partial charge in [-0.1, -0.05) is 18.2 Å². The zero-order valence-corrected chi connectivity index (χ0v) is 12.6. The third-order valence-electron chi connectivity index (χ3n) is 4.35. The van der Waals surface area contributed by atoms with Crippen LogP contribution in [0, 0.1) is 0 Å². The van der Waals surface area contributed by atoms with Crippen LogP contribution in [0.5, 0.6) is 5.75 Å². The minimum Gasteiger partial charge on any atom is -0.406 e. The summed E-state index contributed by atoms with van der Waals surface area (Å²) < 4.78 is 40.6. The molecule has 0 unspecified atom stereocenters. The smallest absolute Gasteiger partial charge is 0.406 e. The maximum atomic E-state index is 12.3. The highest BCUT2D eigenvalue weighted by molar-refractivity contribution is 5.37. The largest absolute Gasteiger partial charge is 0.573 e. The Hall–Kier alpha value is -2.12. The minimum atomic E-state index is -4.75. The molecule has 1 heterocycles. The van der Waals surface area contributed by atoms with Crippen LogP contribution in [0.3, 0.4) is 0 Å². The number of ether oxygens (including phenoxy) is 1. The molecule has 1 fully saturated rings. The number of aliphatic hydroxyl groups excluding tert-OH is 2. The second-order valence-electron chi connectivity index (χ2n) is 5.95. The Morgan fingerprint density at radius 1 is 1.12 bits per heavy atom. The summed E-state index contributed by atoms with van der Waals surface area (Å²) in [5.74, 6) is -0.325. The van der Waals surface area contributed by atoms with Crippen LogP contribution in [0.25, 0.3) is 0 Å². The monoisotopic (exact) mass is 339 g/mol. The summed E-state index contributed by atoms with van der Waals surface area (Å²) in [6.45, 7) is 0. The van der Waals surface area contributed by atoms with Gasteiger partial charge in [-0.05, 0) is 42.7 Å². The topological polar surface area (TPSA) is 62.6 Å². The molecule has 1 atom stereocenters. The molecule has 0 saturated heterocycles. The molecular weight excluding hydrogens is 323 g/mol. The highest BCUT2D eigenvalue weighted by Gasteiger charge is 2.51. The van der Waals surface area contributed by atoms with Gasteiger partial charge in [0.15, 0.2) is 0 Å². The summed E-state index contributed by atoms with van der Waals surface area (Å²) in [5, 5.41) is 20.5. The van der Waals surface area contributed by atoms with Crippen molar-refractivity contribution in [2.45, 2.75) is 36.8 Å². The zero-order chi connectivity index (χ0) is 17.4. The van der Waals surface area contributed by atoms with E-state index in [9.17, 15) is 23.4 Å². The van der Waals surface area contributed by atoms with Gasteiger partial charge < -0.3 is 14.9 Å². The number of halogens is 3. The van der Waals surface area contributed by atoms with Crippen molar-refractivity contribution in [3.63, 3.8) is 0 Å². The molecule has 7 heteroatoms. The van der Waals surface area contributed by atoms with E-state index in [4.69, 9.17) is 0 Å². The van der Waals surface area contributed by atoms with Gasteiger partial charge in [-0.15, -0.1) is 13.2 Å². The Balaban J connectivity index is 1.88. The standard InChI is InChI=1S/C17H16F3NO3/c18-17(19,20)24-13-6-4-11(5-7-13)16(9-12(22)10-16)15(23)14-3-1-2-8-21-14/h1-8,12,15,22-23H,9-10H2/t12-,15-,16-/m1/s1. The number of rotatable bonds is 4. The van der Waals surface area contributed by atoms with Crippen molar-refractivity contribution < 1.29 is 28.1 Å². The molecule has 0 bridgehead atoms. The fourth-order valence-corrected chi connectivity index (χ4v) is 3.21. The average Bonchev–Trinajstić information content (AvgIpc) is 2.51. The second kappa shape index (κ2) is 6.07.